The van der Waals surface area contributed by atoms with Crippen molar-refractivity contribution in [1.82, 2.24) is 15.0 Å². The Morgan fingerprint density at radius 1 is 1.25 bits per heavy atom. The average Bonchev–Trinajstić information content (AvgIpc) is 2.95. The minimum atomic E-state index is -3.46. The summed E-state index contributed by atoms with van der Waals surface area (Å²) in [5.74, 6) is 0. The SMILES string of the molecule is CNCc1sc(S(=O)(=O)NCc2ncc(C)s2)cc1C. The lowest BCUT2D eigenvalue weighted by molar-refractivity contribution is 0.583. The van der Waals surface area contributed by atoms with Gasteiger partial charge in [-0.05, 0) is 32.5 Å². The van der Waals surface area contributed by atoms with Crippen molar-refractivity contribution in [2.24, 2.45) is 0 Å². The van der Waals surface area contributed by atoms with Gasteiger partial charge < -0.3 is 5.32 Å². The summed E-state index contributed by atoms with van der Waals surface area (Å²) >= 11 is 2.80. The molecule has 20 heavy (non-hydrogen) atoms. The normalized spacial score (nSPS) is 11.9. The van der Waals surface area contributed by atoms with E-state index in [-0.39, 0.29) is 6.54 Å². The fourth-order valence-electron chi connectivity index (χ4n) is 1.67. The van der Waals surface area contributed by atoms with Gasteiger partial charge in [0.15, 0.2) is 0 Å². The molecule has 0 aliphatic carbocycles. The maximum Gasteiger partial charge on any atom is 0.250 e. The lowest BCUT2D eigenvalue weighted by Crippen LogP contribution is -2.22. The fourth-order valence-corrected chi connectivity index (χ4v) is 5.12. The number of nitrogens with one attached hydrogen (secondary N) is 2. The second-order valence-corrected chi connectivity index (χ2v) is 8.84. The first-order chi connectivity index (χ1) is 9.42. The van der Waals surface area contributed by atoms with Gasteiger partial charge in [0.05, 0.1) is 6.54 Å². The van der Waals surface area contributed by atoms with E-state index in [0.717, 1.165) is 20.3 Å². The molecule has 2 rings (SSSR count). The number of thiophene rings is 1. The van der Waals surface area contributed by atoms with Crippen molar-refractivity contribution in [3.05, 3.63) is 32.6 Å². The Bertz CT molecular complexity index is 689. The highest BCUT2D eigenvalue weighted by Crippen LogP contribution is 2.26. The van der Waals surface area contributed by atoms with Crippen LogP contribution >= 0.6 is 22.7 Å². The number of nitrogens with zero attached hydrogens (tertiary/aromatic N) is 1. The predicted octanol–water partition coefficient (Wildman–Crippen LogP) is 2.02. The molecule has 0 radical (unpaired) electrons. The van der Waals surface area contributed by atoms with E-state index in [0.29, 0.717) is 10.8 Å². The monoisotopic (exact) mass is 331 g/mol. The zero-order valence-corrected chi connectivity index (χ0v) is 14.0. The lowest BCUT2D eigenvalue weighted by Gasteiger charge is -2.02. The summed E-state index contributed by atoms with van der Waals surface area (Å²) in [7, 11) is -1.62. The van der Waals surface area contributed by atoms with Crippen molar-refractivity contribution in [1.29, 1.82) is 0 Å². The highest BCUT2D eigenvalue weighted by Gasteiger charge is 2.19. The van der Waals surface area contributed by atoms with E-state index in [1.54, 1.807) is 12.3 Å². The van der Waals surface area contributed by atoms with Crippen molar-refractivity contribution < 1.29 is 8.42 Å². The van der Waals surface area contributed by atoms with Crippen LogP contribution < -0.4 is 10.0 Å². The number of thiazole rings is 1. The topological polar surface area (TPSA) is 71.1 Å². The van der Waals surface area contributed by atoms with Crippen LogP contribution in [0.4, 0.5) is 0 Å². The largest absolute Gasteiger partial charge is 0.315 e. The van der Waals surface area contributed by atoms with Crippen molar-refractivity contribution >= 4 is 32.7 Å². The lowest BCUT2D eigenvalue weighted by atomic mass is 10.3. The van der Waals surface area contributed by atoms with Gasteiger partial charge in [0.1, 0.15) is 9.22 Å². The van der Waals surface area contributed by atoms with E-state index in [1.807, 2.05) is 20.9 Å². The molecule has 0 aromatic carbocycles. The van der Waals surface area contributed by atoms with E-state index < -0.39 is 10.0 Å². The third kappa shape index (κ3) is 3.64. The van der Waals surface area contributed by atoms with E-state index in [1.165, 1.54) is 22.7 Å². The smallest absolute Gasteiger partial charge is 0.250 e. The highest BCUT2D eigenvalue weighted by atomic mass is 32.2. The van der Waals surface area contributed by atoms with Crippen LogP contribution in [0.5, 0.6) is 0 Å². The number of hydrogen-bond donors (Lipinski definition) is 2. The minimum absolute atomic E-state index is 0.235. The molecule has 8 heteroatoms. The zero-order valence-electron chi connectivity index (χ0n) is 11.6. The molecule has 5 nitrogen and oxygen atoms in total. The Balaban J connectivity index is 2.11. The van der Waals surface area contributed by atoms with Gasteiger partial charge in [-0.3, -0.25) is 0 Å². The van der Waals surface area contributed by atoms with Gasteiger partial charge in [0.2, 0.25) is 10.0 Å². The van der Waals surface area contributed by atoms with Gasteiger partial charge >= 0.3 is 0 Å². The maximum atomic E-state index is 12.2. The molecule has 2 N–H and O–H groups in total. The third-order valence-electron chi connectivity index (χ3n) is 2.68. The molecule has 110 valence electrons. The van der Waals surface area contributed by atoms with Crippen molar-refractivity contribution in [2.75, 3.05) is 7.05 Å². The first kappa shape index (κ1) is 15.6. The Hall–Kier alpha value is -0.800. The molecule has 0 spiro atoms. The average molecular weight is 331 g/mol. The Kier molecular flexibility index (Phi) is 4.92. The van der Waals surface area contributed by atoms with Crippen molar-refractivity contribution in [2.45, 2.75) is 31.1 Å². The highest BCUT2D eigenvalue weighted by molar-refractivity contribution is 7.91. The molecule has 0 fully saturated rings. The standard InChI is InChI=1S/C12H17N3O2S3/c1-8-4-12(19-10(8)6-13-3)20(16,17)15-7-11-14-5-9(2)18-11/h4-5,13,15H,6-7H2,1-3H3. The van der Waals surface area contributed by atoms with Gasteiger partial charge in [0, 0.05) is 22.5 Å². The number of hydrogen-bond acceptors (Lipinski definition) is 6. The molecule has 2 heterocycles. The van der Waals surface area contributed by atoms with Crippen LogP contribution in [0.1, 0.15) is 20.3 Å². The van der Waals surface area contributed by atoms with Gasteiger partial charge in [0.25, 0.3) is 0 Å². The van der Waals surface area contributed by atoms with E-state index in [4.69, 9.17) is 0 Å². The fraction of sp³-hybridized carbons (Fsp3) is 0.417. The summed E-state index contributed by atoms with van der Waals surface area (Å²) in [5, 5.41) is 3.81. The van der Waals surface area contributed by atoms with Crippen LogP contribution in [0.3, 0.4) is 0 Å². The molecule has 0 saturated heterocycles. The molecular formula is C12H17N3O2S3. The molecule has 2 aromatic rings. The van der Waals surface area contributed by atoms with Gasteiger partial charge in [-0.2, -0.15) is 0 Å². The zero-order chi connectivity index (χ0) is 14.8. The van der Waals surface area contributed by atoms with Gasteiger partial charge in [-0.15, -0.1) is 22.7 Å². The van der Waals surface area contributed by atoms with Gasteiger partial charge in [-0.1, -0.05) is 0 Å². The van der Waals surface area contributed by atoms with Gasteiger partial charge in [-0.25, -0.2) is 18.1 Å². The van der Waals surface area contributed by atoms with E-state index in [2.05, 4.69) is 15.0 Å². The van der Waals surface area contributed by atoms with E-state index in [9.17, 15) is 8.42 Å². The van der Waals surface area contributed by atoms with Crippen molar-refractivity contribution in [3.63, 3.8) is 0 Å². The second kappa shape index (κ2) is 6.31. The van der Waals surface area contributed by atoms with Crippen LogP contribution in [0.15, 0.2) is 16.5 Å². The van der Waals surface area contributed by atoms with Crippen molar-refractivity contribution in [3.8, 4) is 0 Å². The predicted molar refractivity (Wildman–Crippen MR) is 82.7 cm³/mol. The Labute approximate surface area is 127 Å². The van der Waals surface area contributed by atoms with Crippen LogP contribution in [0.25, 0.3) is 0 Å². The van der Waals surface area contributed by atoms with Crippen LogP contribution in [-0.4, -0.2) is 20.4 Å². The minimum Gasteiger partial charge on any atom is -0.315 e. The summed E-state index contributed by atoms with van der Waals surface area (Å²) in [5.41, 5.74) is 0.995. The number of sulfonamides is 1. The quantitative estimate of drug-likeness (QED) is 0.849. The molecule has 0 amide bonds. The molecule has 0 aliphatic heterocycles. The summed E-state index contributed by atoms with van der Waals surface area (Å²) in [6.45, 7) is 4.78. The third-order valence-corrected chi connectivity index (χ3v) is 6.71. The number of aryl methyl sites for hydroxylation is 2. The number of aromatic nitrogens is 1. The summed E-state index contributed by atoms with van der Waals surface area (Å²) in [6.07, 6.45) is 1.74. The first-order valence-electron chi connectivity index (χ1n) is 6.07. The summed E-state index contributed by atoms with van der Waals surface area (Å²) < 4.78 is 27.4. The van der Waals surface area contributed by atoms with Crippen LogP contribution in [-0.2, 0) is 23.1 Å². The first-order valence-corrected chi connectivity index (χ1v) is 9.19. The van der Waals surface area contributed by atoms with E-state index >= 15 is 0 Å². The Morgan fingerprint density at radius 2 is 2.00 bits per heavy atom. The Morgan fingerprint density at radius 3 is 2.60 bits per heavy atom. The molecule has 2 aromatic heterocycles. The maximum absolute atomic E-state index is 12.2. The molecule has 0 aliphatic rings. The second-order valence-electron chi connectivity index (χ2n) is 4.39. The summed E-state index contributed by atoms with van der Waals surface area (Å²) in [6, 6.07) is 1.72. The summed E-state index contributed by atoms with van der Waals surface area (Å²) in [4.78, 5) is 6.26. The molecular weight excluding hydrogens is 314 g/mol. The molecule has 0 bridgehead atoms. The number of rotatable bonds is 6. The molecule has 0 atom stereocenters. The molecule has 0 saturated carbocycles. The van der Waals surface area contributed by atoms with Crippen LogP contribution in [0.2, 0.25) is 0 Å². The molecule has 0 unspecified atom stereocenters. The van der Waals surface area contributed by atoms with Crippen LogP contribution in [0, 0.1) is 13.8 Å².